The van der Waals surface area contributed by atoms with E-state index >= 15 is 0 Å². The van der Waals surface area contributed by atoms with Crippen molar-refractivity contribution in [2.75, 3.05) is 6.61 Å². The molecule has 5 N–H and O–H groups in total. The van der Waals surface area contributed by atoms with Gasteiger partial charge in [-0.1, -0.05) is 12.1 Å². The first-order valence-electron chi connectivity index (χ1n) is 7.89. The second-order valence-electron chi connectivity index (χ2n) is 5.96. The molecule has 0 saturated carbocycles. The lowest BCUT2D eigenvalue weighted by molar-refractivity contribution is -0.0421. The summed E-state index contributed by atoms with van der Waals surface area (Å²) >= 11 is 0. The number of benzene rings is 1. The minimum atomic E-state index is -5.61. The van der Waals surface area contributed by atoms with Gasteiger partial charge in [0.05, 0.1) is 30.1 Å². The number of fused-ring (bicyclic) bond motifs is 1. The van der Waals surface area contributed by atoms with Crippen LogP contribution in [-0.4, -0.2) is 53.0 Å². The van der Waals surface area contributed by atoms with Gasteiger partial charge in [0.1, 0.15) is 12.3 Å². The molecular formula is C12H17N2O12P3. The van der Waals surface area contributed by atoms with Crippen LogP contribution >= 0.6 is 23.5 Å². The molecule has 0 bridgehead atoms. The lowest BCUT2D eigenvalue weighted by Gasteiger charge is -2.19. The molecule has 0 spiro atoms. The summed E-state index contributed by atoms with van der Waals surface area (Å²) in [5, 5.41) is 10.1. The van der Waals surface area contributed by atoms with E-state index in [0.29, 0.717) is 5.52 Å². The molecule has 17 heteroatoms. The van der Waals surface area contributed by atoms with Crippen molar-refractivity contribution in [3.63, 3.8) is 0 Å². The standard InChI is InChI=1S/C12H17N2O12P3/c15-10-5-12(14-7-13-8-3-1-2-4-9(8)14)24-11(10)6-23-28(19,20)26-29(21,22)25-27(16,17)18/h1-4,7,10-12,15H,5-6H2,(H,19,20)(H,21,22)(H2,16,17,18)/t10-,11+,12+/m0/s1. The Labute approximate surface area is 163 Å². The molecular weight excluding hydrogens is 457 g/mol. The maximum Gasteiger partial charge on any atom is 0.490 e. The predicted octanol–water partition coefficient (Wildman–Crippen LogP) is 1.03. The Hall–Kier alpha value is -0.980. The summed E-state index contributed by atoms with van der Waals surface area (Å²) in [6.07, 6.45) is -1.27. The summed E-state index contributed by atoms with van der Waals surface area (Å²) in [5.41, 5.74) is 1.43. The van der Waals surface area contributed by atoms with Gasteiger partial charge in [-0.15, -0.1) is 0 Å². The molecule has 162 valence electrons. The van der Waals surface area contributed by atoms with Crippen LogP contribution in [-0.2, 0) is 31.6 Å². The van der Waals surface area contributed by atoms with Gasteiger partial charge in [0.15, 0.2) is 0 Å². The molecule has 1 aliphatic rings. The SMILES string of the molecule is O=P(O)(O)OP(=O)(O)OP(=O)(O)OC[C@H]1O[C@@H](n2cnc3ccccc32)C[C@@H]1O. The normalized spacial score (nSPS) is 27.0. The summed E-state index contributed by atoms with van der Waals surface area (Å²) in [5.74, 6) is 0. The molecule has 1 aromatic heterocycles. The second-order valence-corrected chi connectivity index (χ2v) is 10.4. The van der Waals surface area contributed by atoms with E-state index in [4.69, 9.17) is 19.4 Å². The molecule has 2 aromatic rings. The van der Waals surface area contributed by atoms with Gasteiger partial charge in [-0.3, -0.25) is 4.52 Å². The molecule has 1 saturated heterocycles. The first kappa shape index (κ1) is 22.7. The van der Waals surface area contributed by atoms with Gasteiger partial charge in [-0.25, -0.2) is 18.7 Å². The van der Waals surface area contributed by atoms with E-state index in [1.54, 1.807) is 28.8 Å². The van der Waals surface area contributed by atoms with E-state index in [-0.39, 0.29) is 6.42 Å². The molecule has 29 heavy (non-hydrogen) atoms. The Bertz CT molecular complexity index is 1020. The first-order valence-corrected chi connectivity index (χ1v) is 12.4. The minimum Gasteiger partial charge on any atom is -0.390 e. The van der Waals surface area contributed by atoms with Crippen molar-refractivity contribution < 1.29 is 56.3 Å². The highest BCUT2D eigenvalue weighted by Crippen LogP contribution is 2.66. The van der Waals surface area contributed by atoms with Crippen LogP contribution < -0.4 is 0 Å². The third-order valence-electron chi connectivity index (χ3n) is 3.81. The van der Waals surface area contributed by atoms with Crippen molar-refractivity contribution in [1.82, 2.24) is 9.55 Å². The highest BCUT2D eigenvalue weighted by atomic mass is 31.3. The van der Waals surface area contributed by atoms with Gasteiger partial charge < -0.3 is 34.0 Å². The zero-order chi connectivity index (χ0) is 21.4. The van der Waals surface area contributed by atoms with Gasteiger partial charge in [0.25, 0.3) is 0 Å². The van der Waals surface area contributed by atoms with Crippen LogP contribution in [0.5, 0.6) is 0 Å². The molecule has 1 aliphatic heterocycles. The van der Waals surface area contributed by atoms with Gasteiger partial charge in [0, 0.05) is 6.42 Å². The molecule has 0 amide bonds. The lowest BCUT2D eigenvalue weighted by Crippen LogP contribution is -2.26. The highest BCUT2D eigenvalue weighted by molar-refractivity contribution is 7.66. The number of ether oxygens (including phenoxy) is 1. The number of phosphoric ester groups is 1. The summed E-state index contributed by atoms with van der Waals surface area (Å²) in [7, 11) is -16.4. The summed E-state index contributed by atoms with van der Waals surface area (Å²) in [6.45, 7) is -0.728. The summed E-state index contributed by atoms with van der Waals surface area (Å²) in [4.78, 5) is 39.8. The van der Waals surface area contributed by atoms with Crippen molar-refractivity contribution in [3.05, 3.63) is 30.6 Å². The fourth-order valence-electron chi connectivity index (χ4n) is 2.71. The Kier molecular flexibility index (Phi) is 6.48. The molecule has 2 unspecified atom stereocenters. The second kappa shape index (κ2) is 8.27. The van der Waals surface area contributed by atoms with Crippen LogP contribution in [0.25, 0.3) is 11.0 Å². The number of imidazole rings is 1. The topological polar surface area (TPSA) is 207 Å². The fraction of sp³-hybridized carbons (Fsp3) is 0.417. The maximum absolute atomic E-state index is 11.8. The minimum absolute atomic E-state index is 0.102. The van der Waals surface area contributed by atoms with Crippen LogP contribution in [0.15, 0.2) is 30.6 Å². The quantitative estimate of drug-likeness (QED) is 0.339. The number of aromatic nitrogens is 2. The van der Waals surface area contributed by atoms with Crippen LogP contribution in [0.1, 0.15) is 12.6 Å². The molecule has 0 radical (unpaired) electrons. The highest BCUT2D eigenvalue weighted by Gasteiger charge is 2.42. The van der Waals surface area contributed by atoms with E-state index in [9.17, 15) is 23.7 Å². The predicted molar refractivity (Wildman–Crippen MR) is 94.1 cm³/mol. The van der Waals surface area contributed by atoms with Crippen molar-refractivity contribution in [1.29, 1.82) is 0 Å². The Morgan fingerprint density at radius 1 is 1.10 bits per heavy atom. The largest absolute Gasteiger partial charge is 0.490 e. The van der Waals surface area contributed by atoms with E-state index < -0.39 is 48.5 Å². The Morgan fingerprint density at radius 2 is 1.79 bits per heavy atom. The van der Waals surface area contributed by atoms with Crippen LogP contribution in [0.2, 0.25) is 0 Å². The van der Waals surface area contributed by atoms with E-state index in [2.05, 4.69) is 18.1 Å². The van der Waals surface area contributed by atoms with Crippen LogP contribution in [0, 0.1) is 0 Å². The number of aliphatic hydroxyl groups is 1. The average molecular weight is 474 g/mol. The number of para-hydroxylation sites is 2. The van der Waals surface area contributed by atoms with Crippen molar-refractivity contribution in [3.8, 4) is 0 Å². The molecule has 2 heterocycles. The van der Waals surface area contributed by atoms with Crippen molar-refractivity contribution >= 4 is 34.5 Å². The molecule has 5 atom stereocenters. The molecule has 1 fully saturated rings. The summed E-state index contributed by atoms with van der Waals surface area (Å²) in [6, 6.07) is 7.16. The molecule has 3 rings (SSSR count). The monoisotopic (exact) mass is 474 g/mol. The number of hydrogen-bond donors (Lipinski definition) is 5. The lowest BCUT2D eigenvalue weighted by atomic mass is 10.2. The summed E-state index contributed by atoms with van der Waals surface area (Å²) < 4.78 is 52.6. The van der Waals surface area contributed by atoms with E-state index in [0.717, 1.165) is 5.52 Å². The zero-order valence-corrected chi connectivity index (χ0v) is 17.0. The number of hydrogen-bond acceptors (Lipinski definition) is 9. The maximum atomic E-state index is 11.8. The van der Waals surface area contributed by atoms with Gasteiger partial charge >= 0.3 is 23.5 Å². The van der Waals surface area contributed by atoms with Gasteiger partial charge in [-0.05, 0) is 12.1 Å². The van der Waals surface area contributed by atoms with E-state index in [1.165, 1.54) is 6.33 Å². The van der Waals surface area contributed by atoms with Gasteiger partial charge in [0.2, 0.25) is 0 Å². The third-order valence-corrected chi connectivity index (χ3v) is 7.62. The first-order chi connectivity index (χ1) is 13.4. The molecule has 14 nitrogen and oxygen atoms in total. The van der Waals surface area contributed by atoms with Crippen LogP contribution in [0.3, 0.4) is 0 Å². The molecule has 0 aliphatic carbocycles. The smallest absolute Gasteiger partial charge is 0.390 e. The fourth-order valence-corrected chi connectivity index (χ4v) is 5.74. The average Bonchev–Trinajstić information content (AvgIpc) is 3.13. The number of nitrogens with zero attached hydrogens (tertiary/aromatic N) is 2. The Balaban J connectivity index is 1.61. The zero-order valence-electron chi connectivity index (χ0n) is 14.4. The van der Waals surface area contributed by atoms with Crippen molar-refractivity contribution in [2.24, 2.45) is 0 Å². The molecule has 1 aromatic carbocycles. The third kappa shape index (κ3) is 6.02. The van der Waals surface area contributed by atoms with Crippen molar-refractivity contribution in [2.45, 2.75) is 24.9 Å². The number of phosphoric acid groups is 3. The number of aliphatic hydroxyl groups excluding tert-OH is 1. The van der Waals surface area contributed by atoms with E-state index in [1.807, 2.05) is 0 Å². The van der Waals surface area contributed by atoms with Gasteiger partial charge in [-0.2, -0.15) is 8.62 Å². The number of rotatable bonds is 8. The Morgan fingerprint density at radius 3 is 2.48 bits per heavy atom. The van der Waals surface area contributed by atoms with Crippen LogP contribution in [0.4, 0.5) is 0 Å².